The van der Waals surface area contributed by atoms with E-state index in [1.165, 1.54) is 46.3 Å². The quantitative estimate of drug-likeness (QED) is 0.0612. The molecule has 0 N–H and O–H groups in total. The molecule has 3 aromatic carbocycles. The lowest BCUT2D eigenvalue weighted by Crippen LogP contribution is -2.33. The summed E-state index contributed by atoms with van der Waals surface area (Å²) in [5.74, 6) is 0.861. The van der Waals surface area contributed by atoms with Crippen LogP contribution < -0.4 is 9.47 Å². The van der Waals surface area contributed by atoms with Gasteiger partial charge in [0, 0.05) is 43.2 Å². The number of nitrogens with zero attached hydrogens (tertiary/aromatic N) is 6. The zero-order valence-electron chi connectivity index (χ0n) is 25.5. The molecule has 0 fully saturated rings. The summed E-state index contributed by atoms with van der Waals surface area (Å²) in [6, 6.07) is 32.9. The minimum atomic E-state index is 0.743. The molecule has 0 aliphatic heterocycles. The maximum atomic E-state index is 4.67. The monoisotopic (exact) mass is 599 g/mol. The predicted molar refractivity (Wildman–Crippen MR) is 180 cm³/mol. The summed E-state index contributed by atoms with van der Waals surface area (Å²) in [7, 11) is 4.14. The van der Waals surface area contributed by atoms with Gasteiger partial charge in [-0.25, -0.2) is 19.5 Å². The topological polar surface area (TPSA) is 50.7 Å². The number of pyridine rings is 1. The van der Waals surface area contributed by atoms with Crippen molar-refractivity contribution in [3.63, 3.8) is 0 Å². The Bertz CT molecular complexity index is 1760. The van der Waals surface area contributed by atoms with Crippen molar-refractivity contribution in [2.45, 2.75) is 49.6 Å². The van der Waals surface area contributed by atoms with Gasteiger partial charge in [-0.15, -0.1) is 0 Å². The Morgan fingerprint density at radius 2 is 1.32 bits per heavy atom. The van der Waals surface area contributed by atoms with Gasteiger partial charge in [-0.2, -0.15) is 0 Å². The van der Waals surface area contributed by atoms with Gasteiger partial charge in [-0.3, -0.25) is 0 Å². The minimum Gasteiger partial charge on any atom is -0.377 e. The first-order valence-electron chi connectivity index (χ1n) is 15.3. The molecule has 0 aliphatic rings. The van der Waals surface area contributed by atoms with Crippen molar-refractivity contribution >= 4 is 28.6 Å². The van der Waals surface area contributed by atoms with Crippen LogP contribution >= 0.6 is 11.8 Å². The van der Waals surface area contributed by atoms with Crippen molar-refractivity contribution in [1.82, 2.24) is 19.5 Å². The SMILES string of the molecule is CN(C)c1cc[n+](Cc2ccc(CCCCc3ccc(Cn4cnc5c(SCc6ccccc6)ncnc54)cc3)cc2)cc1. The van der Waals surface area contributed by atoms with Crippen LogP contribution in [0, 0.1) is 0 Å². The molecule has 0 amide bonds. The number of rotatable bonds is 13. The summed E-state index contributed by atoms with van der Waals surface area (Å²) < 4.78 is 4.34. The van der Waals surface area contributed by atoms with Crippen molar-refractivity contribution in [2.75, 3.05) is 19.0 Å². The first kappa shape index (κ1) is 29.6. The van der Waals surface area contributed by atoms with Crippen LogP contribution in [-0.4, -0.2) is 33.6 Å². The second-order valence-corrected chi connectivity index (χ2v) is 12.4. The average molecular weight is 600 g/mol. The zero-order chi connectivity index (χ0) is 30.1. The second kappa shape index (κ2) is 14.3. The van der Waals surface area contributed by atoms with Crippen molar-refractivity contribution in [1.29, 1.82) is 0 Å². The van der Waals surface area contributed by atoms with Crippen molar-refractivity contribution in [3.05, 3.63) is 144 Å². The molecule has 0 aliphatic carbocycles. The number of imidazole rings is 1. The normalized spacial score (nSPS) is 11.2. The van der Waals surface area contributed by atoms with Crippen molar-refractivity contribution in [3.8, 4) is 0 Å². The Hall–Kier alpha value is -4.49. The summed E-state index contributed by atoms with van der Waals surface area (Å²) in [6.07, 6.45) is 12.4. The van der Waals surface area contributed by atoms with Crippen LogP contribution in [0.5, 0.6) is 0 Å². The summed E-state index contributed by atoms with van der Waals surface area (Å²) >= 11 is 1.71. The van der Waals surface area contributed by atoms with Gasteiger partial charge >= 0.3 is 0 Å². The molecule has 0 atom stereocenters. The van der Waals surface area contributed by atoms with E-state index < -0.39 is 0 Å². The summed E-state index contributed by atoms with van der Waals surface area (Å²) in [4.78, 5) is 15.8. The van der Waals surface area contributed by atoms with E-state index in [9.17, 15) is 0 Å². The smallest absolute Gasteiger partial charge is 0.173 e. The van der Waals surface area contributed by atoms with E-state index >= 15 is 0 Å². The molecule has 0 spiro atoms. The predicted octanol–water partition coefficient (Wildman–Crippen LogP) is 7.13. The van der Waals surface area contributed by atoms with Gasteiger partial charge < -0.3 is 9.47 Å². The van der Waals surface area contributed by atoms with Gasteiger partial charge in [-0.05, 0) is 47.9 Å². The third-order valence-corrected chi connectivity index (χ3v) is 8.97. The lowest BCUT2D eigenvalue weighted by Gasteiger charge is -2.10. The molecule has 7 heteroatoms. The molecule has 0 saturated heterocycles. The van der Waals surface area contributed by atoms with Gasteiger partial charge in [0.2, 0.25) is 0 Å². The van der Waals surface area contributed by atoms with Crippen LogP contribution in [0.15, 0.2) is 121 Å². The Morgan fingerprint density at radius 1 is 0.682 bits per heavy atom. The van der Waals surface area contributed by atoms with E-state index in [1.807, 2.05) is 12.4 Å². The van der Waals surface area contributed by atoms with Gasteiger partial charge in [-0.1, -0.05) is 90.6 Å². The Morgan fingerprint density at radius 3 is 1.98 bits per heavy atom. The molecule has 0 saturated carbocycles. The number of hydrogen-bond acceptors (Lipinski definition) is 5. The first-order valence-corrected chi connectivity index (χ1v) is 16.2. The fraction of sp³-hybridized carbons (Fsp3) is 0.243. The third kappa shape index (κ3) is 7.71. The van der Waals surface area contributed by atoms with E-state index in [4.69, 9.17) is 0 Å². The van der Waals surface area contributed by atoms with E-state index in [0.717, 1.165) is 47.9 Å². The fourth-order valence-corrected chi connectivity index (χ4v) is 6.25. The van der Waals surface area contributed by atoms with Gasteiger partial charge in [0.1, 0.15) is 16.9 Å². The van der Waals surface area contributed by atoms with E-state index in [2.05, 4.69) is 140 Å². The highest BCUT2D eigenvalue weighted by atomic mass is 32.2. The van der Waals surface area contributed by atoms with Crippen molar-refractivity contribution in [2.24, 2.45) is 0 Å². The molecular weight excluding hydrogens is 561 g/mol. The highest BCUT2D eigenvalue weighted by molar-refractivity contribution is 7.98. The standard InChI is InChI=1S/C37H39N6S/c1-41(2)34-20-22-42(23-21-34)24-31-16-12-29(13-17-31)8-6-7-9-30-14-18-32(19-15-30)25-43-28-40-35-36(43)38-27-39-37(35)44-26-33-10-4-3-5-11-33/h3-5,10-23,27-28H,6-9,24-26H2,1-2H3/q+1. The molecule has 6 aromatic rings. The second-order valence-electron chi connectivity index (χ2n) is 11.5. The first-order chi connectivity index (χ1) is 21.6. The summed E-state index contributed by atoms with van der Waals surface area (Å²) in [5.41, 5.74) is 9.62. The number of fused-ring (bicyclic) bond motifs is 1. The van der Waals surface area contributed by atoms with Crippen LogP contribution in [0.1, 0.15) is 40.7 Å². The average Bonchev–Trinajstić information content (AvgIpc) is 3.47. The largest absolute Gasteiger partial charge is 0.377 e. The highest BCUT2D eigenvalue weighted by Gasteiger charge is 2.11. The molecule has 0 unspecified atom stereocenters. The number of thioether (sulfide) groups is 1. The molecule has 6 rings (SSSR count). The number of unbranched alkanes of at least 4 members (excludes halogenated alkanes) is 1. The van der Waals surface area contributed by atoms with Crippen LogP contribution in [-0.2, 0) is 31.7 Å². The highest BCUT2D eigenvalue weighted by Crippen LogP contribution is 2.26. The number of aryl methyl sites for hydroxylation is 2. The fourth-order valence-electron chi connectivity index (χ4n) is 5.35. The van der Waals surface area contributed by atoms with Crippen molar-refractivity contribution < 1.29 is 4.57 Å². The van der Waals surface area contributed by atoms with Gasteiger partial charge in [0.05, 0.1) is 12.9 Å². The molecule has 3 aromatic heterocycles. The van der Waals surface area contributed by atoms with E-state index in [-0.39, 0.29) is 0 Å². The molecule has 222 valence electrons. The maximum absolute atomic E-state index is 4.67. The molecule has 6 nitrogen and oxygen atoms in total. The van der Waals surface area contributed by atoms with Crippen LogP contribution in [0.4, 0.5) is 5.69 Å². The summed E-state index contributed by atoms with van der Waals surface area (Å²) in [6.45, 7) is 1.64. The lowest BCUT2D eigenvalue weighted by molar-refractivity contribution is -0.688. The summed E-state index contributed by atoms with van der Waals surface area (Å²) in [5, 5.41) is 0.925. The molecule has 0 bridgehead atoms. The number of anilines is 1. The van der Waals surface area contributed by atoms with E-state index in [0.29, 0.717) is 0 Å². The lowest BCUT2D eigenvalue weighted by atomic mass is 10.0. The van der Waals surface area contributed by atoms with Gasteiger partial charge in [0.25, 0.3) is 0 Å². The Labute approximate surface area is 264 Å². The van der Waals surface area contributed by atoms with Crippen LogP contribution in [0.3, 0.4) is 0 Å². The number of benzene rings is 3. The maximum Gasteiger partial charge on any atom is 0.173 e. The third-order valence-electron chi connectivity index (χ3n) is 7.92. The van der Waals surface area contributed by atoms with Crippen LogP contribution in [0.2, 0.25) is 0 Å². The molecule has 0 radical (unpaired) electrons. The molecule has 44 heavy (non-hydrogen) atoms. The molecular formula is C37H39N6S+. The Kier molecular flexibility index (Phi) is 9.63. The Balaban J connectivity index is 0.960. The zero-order valence-corrected chi connectivity index (χ0v) is 26.3. The van der Waals surface area contributed by atoms with Gasteiger partial charge in [0.15, 0.2) is 24.6 Å². The van der Waals surface area contributed by atoms with Crippen LogP contribution in [0.25, 0.3) is 11.2 Å². The number of hydrogen-bond donors (Lipinski definition) is 0. The minimum absolute atomic E-state index is 0.743. The molecule has 3 heterocycles. The number of aromatic nitrogens is 5. The van der Waals surface area contributed by atoms with E-state index in [1.54, 1.807) is 18.1 Å².